The van der Waals surface area contributed by atoms with Crippen molar-refractivity contribution in [2.24, 2.45) is 0 Å². The fourth-order valence-corrected chi connectivity index (χ4v) is 2.19. The highest BCUT2D eigenvalue weighted by Crippen LogP contribution is 2.20. The molecular formula is C14H10BrIO2. The molecule has 0 fully saturated rings. The Kier molecular flexibility index (Phi) is 4.77. The number of carbonyl (C=O) groups is 1. The van der Waals surface area contributed by atoms with Gasteiger partial charge in [0.25, 0.3) is 0 Å². The highest BCUT2D eigenvalue weighted by atomic mass is 127. The lowest BCUT2D eigenvalue weighted by Crippen LogP contribution is -2.05. The van der Waals surface area contributed by atoms with Crippen molar-refractivity contribution in [1.82, 2.24) is 0 Å². The summed E-state index contributed by atoms with van der Waals surface area (Å²) in [6, 6.07) is 15.0. The third kappa shape index (κ3) is 3.55. The molecule has 2 nitrogen and oxygen atoms in total. The molecule has 18 heavy (non-hydrogen) atoms. The summed E-state index contributed by atoms with van der Waals surface area (Å²) in [4.78, 5) is 11.8. The topological polar surface area (TPSA) is 26.3 Å². The number of esters is 1. The van der Waals surface area contributed by atoms with Gasteiger partial charge in [0, 0.05) is 8.04 Å². The molecule has 0 unspecified atom stereocenters. The van der Waals surface area contributed by atoms with Crippen molar-refractivity contribution in [2.45, 2.75) is 6.61 Å². The number of benzene rings is 2. The molecule has 0 saturated carbocycles. The van der Waals surface area contributed by atoms with Crippen LogP contribution in [0.4, 0.5) is 0 Å². The van der Waals surface area contributed by atoms with E-state index >= 15 is 0 Å². The molecular weight excluding hydrogens is 407 g/mol. The van der Waals surface area contributed by atoms with E-state index in [4.69, 9.17) is 4.74 Å². The summed E-state index contributed by atoms with van der Waals surface area (Å²) >= 11 is 5.56. The summed E-state index contributed by atoms with van der Waals surface area (Å²) in [7, 11) is 0. The van der Waals surface area contributed by atoms with E-state index in [0.717, 1.165) is 13.6 Å². The van der Waals surface area contributed by atoms with Crippen LogP contribution in [-0.4, -0.2) is 5.97 Å². The van der Waals surface area contributed by atoms with Gasteiger partial charge in [-0.15, -0.1) is 0 Å². The summed E-state index contributed by atoms with van der Waals surface area (Å²) in [5.74, 6) is -0.302. The molecule has 92 valence electrons. The van der Waals surface area contributed by atoms with Crippen molar-refractivity contribution in [1.29, 1.82) is 0 Å². The highest BCUT2D eigenvalue weighted by Gasteiger charge is 2.09. The molecule has 0 N–H and O–H groups in total. The summed E-state index contributed by atoms with van der Waals surface area (Å²) < 4.78 is 7.21. The third-order valence-corrected chi connectivity index (χ3v) is 4.69. The first kappa shape index (κ1) is 13.5. The first-order valence-electron chi connectivity index (χ1n) is 5.33. The number of hydrogen-bond donors (Lipinski definition) is 0. The lowest BCUT2D eigenvalue weighted by Gasteiger charge is -2.05. The van der Waals surface area contributed by atoms with Crippen LogP contribution >= 0.6 is 38.5 Å². The van der Waals surface area contributed by atoms with Gasteiger partial charge in [0.2, 0.25) is 0 Å². The summed E-state index contributed by atoms with van der Waals surface area (Å²) in [5, 5.41) is 0. The standard InChI is InChI=1S/C14H10BrIO2/c15-12-7-6-11(8-13(12)16)14(17)18-9-10-4-2-1-3-5-10/h1-8H,9H2. The van der Waals surface area contributed by atoms with Crippen molar-refractivity contribution in [2.75, 3.05) is 0 Å². The van der Waals surface area contributed by atoms with Gasteiger partial charge in [-0.1, -0.05) is 30.3 Å². The summed E-state index contributed by atoms with van der Waals surface area (Å²) in [6.07, 6.45) is 0. The Morgan fingerprint density at radius 3 is 2.56 bits per heavy atom. The normalized spacial score (nSPS) is 10.1. The minimum Gasteiger partial charge on any atom is -0.457 e. The molecule has 0 aliphatic heterocycles. The Balaban J connectivity index is 2.02. The number of ether oxygens (including phenoxy) is 1. The van der Waals surface area contributed by atoms with Crippen molar-refractivity contribution in [3.05, 3.63) is 67.7 Å². The van der Waals surface area contributed by atoms with Gasteiger partial charge in [-0.2, -0.15) is 0 Å². The van der Waals surface area contributed by atoms with Crippen LogP contribution in [0.1, 0.15) is 15.9 Å². The fourth-order valence-electron chi connectivity index (χ4n) is 1.43. The van der Waals surface area contributed by atoms with Crippen LogP contribution in [0.2, 0.25) is 0 Å². The van der Waals surface area contributed by atoms with E-state index in [2.05, 4.69) is 38.5 Å². The van der Waals surface area contributed by atoms with Crippen LogP contribution in [0.5, 0.6) is 0 Å². The molecule has 0 aromatic heterocycles. The third-order valence-electron chi connectivity index (χ3n) is 2.37. The average Bonchev–Trinajstić information content (AvgIpc) is 2.40. The van der Waals surface area contributed by atoms with Gasteiger partial charge in [0.15, 0.2) is 0 Å². The van der Waals surface area contributed by atoms with E-state index in [9.17, 15) is 4.79 Å². The molecule has 2 aromatic rings. The Labute approximate surface area is 128 Å². The Morgan fingerprint density at radius 1 is 1.17 bits per heavy atom. The number of halogens is 2. The molecule has 0 saturated heterocycles. The lowest BCUT2D eigenvalue weighted by molar-refractivity contribution is 0.0472. The Hall–Kier alpha value is -0.880. The number of carbonyl (C=O) groups excluding carboxylic acids is 1. The molecule has 0 radical (unpaired) electrons. The van der Waals surface area contributed by atoms with E-state index in [1.165, 1.54) is 0 Å². The molecule has 0 aliphatic rings. The fraction of sp³-hybridized carbons (Fsp3) is 0.0714. The molecule has 0 aliphatic carbocycles. The second-order valence-corrected chi connectivity index (χ2v) is 5.71. The second kappa shape index (κ2) is 6.33. The van der Waals surface area contributed by atoms with Crippen molar-refractivity contribution in [3.63, 3.8) is 0 Å². The van der Waals surface area contributed by atoms with E-state index < -0.39 is 0 Å². The molecule has 2 aromatic carbocycles. The van der Waals surface area contributed by atoms with E-state index in [0.29, 0.717) is 12.2 Å². The SMILES string of the molecule is O=C(OCc1ccccc1)c1ccc(Br)c(I)c1. The van der Waals surface area contributed by atoms with Gasteiger partial charge >= 0.3 is 5.97 Å². The number of rotatable bonds is 3. The molecule has 4 heteroatoms. The molecule has 0 heterocycles. The highest BCUT2D eigenvalue weighted by molar-refractivity contribution is 14.1. The van der Waals surface area contributed by atoms with E-state index in [-0.39, 0.29) is 5.97 Å². The van der Waals surface area contributed by atoms with Gasteiger partial charge in [0.1, 0.15) is 6.61 Å². The van der Waals surface area contributed by atoms with Crippen LogP contribution < -0.4 is 0 Å². The largest absolute Gasteiger partial charge is 0.457 e. The van der Waals surface area contributed by atoms with Crippen molar-refractivity contribution in [3.8, 4) is 0 Å². The predicted molar refractivity (Wildman–Crippen MR) is 82.4 cm³/mol. The minimum atomic E-state index is -0.302. The predicted octanol–water partition coefficient (Wildman–Crippen LogP) is 4.41. The maximum atomic E-state index is 11.8. The monoisotopic (exact) mass is 416 g/mol. The van der Waals surface area contributed by atoms with Crippen LogP contribution in [0.3, 0.4) is 0 Å². The first-order chi connectivity index (χ1) is 8.66. The van der Waals surface area contributed by atoms with Gasteiger partial charge in [-0.3, -0.25) is 0 Å². The van der Waals surface area contributed by atoms with Crippen molar-refractivity contribution >= 4 is 44.5 Å². The van der Waals surface area contributed by atoms with Crippen LogP contribution in [0.15, 0.2) is 53.0 Å². The zero-order valence-electron chi connectivity index (χ0n) is 9.40. The first-order valence-corrected chi connectivity index (χ1v) is 7.20. The van der Waals surface area contributed by atoms with Crippen LogP contribution in [-0.2, 0) is 11.3 Å². The second-order valence-electron chi connectivity index (χ2n) is 3.69. The maximum Gasteiger partial charge on any atom is 0.338 e. The molecule has 0 bridgehead atoms. The molecule has 2 rings (SSSR count). The minimum absolute atomic E-state index is 0.298. The van der Waals surface area contributed by atoms with Gasteiger partial charge in [-0.05, 0) is 62.3 Å². The van der Waals surface area contributed by atoms with Gasteiger partial charge in [0.05, 0.1) is 5.56 Å². The summed E-state index contributed by atoms with van der Waals surface area (Å²) in [6.45, 7) is 0.298. The zero-order chi connectivity index (χ0) is 13.0. The van der Waals surface area contributed by atoms with Gasteiger partial charge in [-0.25, -0.2) is 4.79 Å². The Bertz CT molecular complexity index is 555. The van der Waals surface area contributed by atoms with E-state index in [1.54, 1.807) is 12.1 Å². The quantitative estimate of drug-likeness (QED) is 0.547. The van der Waals surface area contributed by atoms with Gasteiger partial charge < -0.3 is 4.74 Å². The van der Waals surface area contributed by atoms with E-state index in [1.807, 2.05) is 36.4 Å². The van der Waals surface area contributed by atoms with Crippen molar-refractivity contribution < 1.29 is 9.53 Å². The smallest absolute Gasteiger partial charge is 0.338 e. The average molecular weight is 417 g/mol. The maximum absolute atomic E-state index is 11.8. The lowest BCUT2D eigenvalue weighted by atomic mass is 10.2. The Morgan fingerprint density at radius 2 is 1.89 bits per heavy atom. The van der Waals surface area contributed by atoms with Crippen LogP contribution in [0, 0.1) is 3.57 Å². The molecule has 0 spiro atoms. The molecule has 0 amide bonds. The molecule has 0 atom stereocenters. The zero-order valence-corrected chi connectivity index (χ0v) is 13.1. The summed E-state index contributed by atoms with van der Waals surface area (Å²) in [5.41, 5.74) is 1.55. The number of hydrogen-bond acceptors (Lipinski definition) is 2. The van der Waals surface area contributed by atoms with Crippen LogP contribution in [0.25, 0.3) is 0 Å².